The monoisotopic (exact) mass is 236 g/mol. The predicted octanol–water partition coefficient (Wildman–Crippen LogP) is 1.29. The number of aromatic amines is 1. The second-order valence-electron chi connectivity index (χ2n) is 3.37. The molecule has 2 rings (SSSR count). The Hall–Kier alpha value is -1.82. The molecule has 0 saturated heterocycles. The lowest BCUT2D eigenvalue weighted by Crippen LogP contribution is -2.22. The van der Waals surface area contributed by atoms with E-state index in [1.807, 2.05) is 6.92 Å². The summed E-state index contributed by atoms with van der Waals surface area (Å²) in [6.45, 7) is 2.42. The summed E-state index contributed by atoms with van der Waals surface area (Å²) in [7, 11) is 0. The van der Waals surface area contributed by atoms with Crippen LogP contribution in [-0.4, -0.2) is 15.9 Å². The van der Waals surface area contributed by atoms with Crippen LogP contribution in [0.2, 0.25) is 0 Å². The molecule has 0 aliphatic rings. The lowest BCUT2D eigenvalue weighted by Gasteiger charge is -2.00. The van der Waals surface area contributed by atoms with E-state index in [4.69, 9.17) is 5.73 Å². The number of nitrogens with one attached hydrogen (secondary N) is 2. The first-order valence-electron chi connectivity index (χ1n) is 4.78. The molecule has 0 unspecified atom stereocenters. The average molecular weight is 236 g/mol. The molecule has 0 radical (unpaired) electrons. The number of carbonyl (C=O) groups is 1. The Morgan fingerprint density at radius 3 is 3.06 bits per heavy atom. The standard InChI is InChI=1S/C10H12N4OS/c1-6-12-4-8(16-6)5-14-10(15)9-2-7(11)3-13-9/h2-4,13H,5,11H2,1H3,(H,14,15). The maximum Gasteiger partial charge on any atom is 0.268 e. The molecule has 4 N–H and O–H groups in total. The number of carbonyl (C=O) groups excluding carboxylic acids is 1. The Balaban J connectivity index is 1.93. The first-order chi connectivity index (χ1) is 7.65. The Morgan fingerprint density at radius 1 is 1.69 bits per heavy atom. The minimum absolute atomic E-state index is 0.164. The van der Waals surface area contributed by atoms with Crippen molar-refractivity contribution in [2.45, 2.75) is 13.5 Å². The van der Waals surface area contributed by atoms with Crippen LogP contribution in [0.15, 0.2) is 18.5 Å². The van der Waals surface area contributed by atoms with Crippen molar-refractivity contribution in [2.24, 2.45) is 0 Å². The first kappa shape index (κ1) is 10.7. The highest BCUT2D eigenvalue weighted by Gasteiger charge is 2.07. The van der Waals surface area contributed by atoms with Gasteiger partial charge >= 0.3 is 0 Å². The molecule has 84 valence electrons. The minimum atomic E-state index is -0.164. The van der Waals surface area contributed by atoms with Crippen molar-refractivity contribution >= 4 is 22.9 Å². The molecule has 0 spiro atoms. The van der Waals surface area contributed by atoms with E-state index in [2.05, 4.69) is 15.3 Å². The largest absolute Gasteiger partial charge is 0.397 e. The summed E-state index contributed by atoms with van der Waals surface area (Å²) in [5, 5.41) is 3.78. The third-order valence-electron chi connectivity index (χ3n) is 2.04. The number of thiazole rings is 1. The number of nitrogens with two attached hydrogens (primary N) is 1. The van der Waals surface area contributed by atoms with Crippen molar-refractivity contribution < 1.29 is 4.79 Å². The Morgan fingerprint density at radius 2 is 2.50 bits per heavy atom. The fourth-order valence-corrected chi connectivity index (χ4v) is 2.03. The highest BCUT2D eigenvalue weighted by atomic mass is 32.1. The van der Waals surface area contributed by atoms with Crippen molar-refractivity contribution in [3.63, 3.8) is 0 Å². The van der Waals surface area contributed by atoms with Crippen LogP contribution >= 0.6 is 11.3 Å². The number of aryl methyl sites for hydroxylation is 1. The molecule has 0 fully saturated rings. The summed E-state index contributed by atoms with van der Waals surface area (Å²) in [6, 6.07) is 1.60. The molecule has 0 saturated carbocycles. The van der Waals surface area contributed by atoms with Gasteiger partial charge in [0.2, 0.25) is 0 Å². The predicted molar refractivity (Wildman–Crippen MR) is 63.2 cm³/mol. The van der Waals surface area contributed by atoms with Gasteiger partial charge in [-0.25, -0.2) is 4.98 Å². The van der Waals surface area contributed by atoms with Crippen LogP contribution in [0.5, 0.6) is 0 Å². The van der Waals surface area contributed by atoms with Gasteiger partial charge in [-0.2, -0.15) is 0 Å². The van der Waals surface area contributed by atoms with Crippen LogP contribution in [-0.2, 0) is 6.54 Å². The van der Waals surface area contributed by atoms with Crippen molar-refractivity contribution in [1.29, 1.82) is 0 Å². The maximum absolute atomic E-state index is 11.6. The van der Waals surface area contributed by atoms with Crippen molar-refractivity contribution in [2.75, 3.05) is 5.73 Å². The number of hydrogen-bond donors (Lipinski definition) is 3. The highest BCUT2D eigenvalue weighted by Crippen LogP contribution is 2.11. The van der Waals surface area contributed by atoms with Gasteiger partial charge in [0.25, 0.3) is 5.91 Å². The molecular formula is C10H12N4OS. The van der Waals surface area contributed by atoms with Crippen molar-refractivity contribution in [3.8, 4) is 0 Å². The minimum Gasteiger partial charge on any atom is -0.397 e. The second kappa shape index (κ2) is 4.36. The van der Waals surface area contributed by atoms with E-state index in [0.717, 1.165) is 9.88 Å². The quantitative estimate of drug-likeness (QED) is 0.750. The fraction of sp³-hybridized carbons (Fsp3) is 0.200. The van der Waals surface area contributed by atoms with Gasteiger partial charge in [0, 0.05) is 23.0 Å². The number of anilines is 1. The van der Waals surface area contributed by atoms with Gasteiger partial charge in [0.1, 0.15) is 5.69 Å². The molecule has 2 aromatic heterocycles. The van der Waals surface area contributed by atoms with Gasteiger partial charge in [-0.15, -0.1) is 11.3 Å². The van der Waals surface area contributed by atoms with E-state index >= 15 is 0 Å². The van der Waals surface area contributed by atoms with Crippen LogP contribution in [0.3, 0.4) is 0 Å². The van der Waals surface area contributed by atoms with E-state index in [1.165, 1.54) is 0 Å². The SMILES string of the molecule is Cc1ncc(CNC(=O)c2cc(N)c[nH]2)s1. The van der Waals surface area contributed by atoms with Gasteiger partial charge in [-0.3, -0.25) is 4.79 Å². The number of rotatable bonds is 3. The molecule has 0 aromatic carbocycles. The lowest BCUT2D eigenvalue weighted by molar-refractivity contribution is 0.0947. The van der Waals surface area contributed by atoms with Gasteiger partial charge in [-0.05, 0) is 13.0 Å². The topological polar surface area (TPSA) is 83.8 Å². The van der Waals surface area contributed by atoms with E-state index < -0.39 is 0 Å². The Kier molecular flexibility index (Phi) is 2.91. The first-order valence-corrected chi connectivity index (χ1v) is 5.60. The van der Waals surface area contributed by atoms with Crippen molar-refractivity contribution in [3.05, 3.63) is 34.0 Å². The number of hydrogen-bond acceptors (Lipinski definition) is 4. The Labute approximate surface area is 96.7 Å². The molecule has 16 heavy (non-hydrogen) atoms. The third-order valence-corrected chi connectivity index (χ3v) is 2.96. The van der Waals surface area contributed by atoms with Crippen LogP contribution < -0.4 is 11.1 Å². The molecule has 5 nitrogen and oxygen atoms in total. The van der Waals surface area contributed by atoms with Crippen LogP contribution in [0.4, 0.5) is 5.69 Å². The Bertz CT molecular complexity index is 502. The molecule has 2 heterocycles. The molecule has 0 aliphatic carbocycles. The number of amides is 1. The number of H-pyrrole nitrogens is 1. The van der Waals surface area contributed by atoms with Crippen LogP contribution in [0.1, 0.15) is 20.4 Å². The van der Waals surface area contributed by atoms with Gasteiger partial charge in [0.05, 0.1) is 11.6 Å². The summed E-state index contributed by atoms with van der Waals surface area (Å²) in [5.74, 6) is -0.164. The van der Waals surface area contributed by atoms with Gasteiger partial charge in [0.15, 0.2) is 0 Å². The maximum atomic E-state index is 11.6. The van der Waals surface area contributed by atoms with Gasteiger partial charge in [-0.1, -0.05) is 0 Å². The molecular weight excluding hydrogens is 224 g/mol. The van der Waals surface area contributed by atoms with Crippen LogP contribution in [0.25, 0.3) is 0 Å². The molecule has 0 bridgehead atoms. The van der Waals surface area contributed by atoms with Crippen LogP contribution in [0, 0.1) is 6.92 Å². The zero-order valence-electron chi connectivity index (χ0n) is 8.78. The van der Waals surface area contributed by atoms with Gasteiger partial charge < -0.3 is 16.0 Å². The lowest BCUT2D eigenvalue weighted by atomic mass is 10.4. The van der Waals surface area contributed by atoms with E-state index in [1.54, 1.807) is 29.8 Å². The molecule has 0 atom stereocenters. The molecule has 1 amide bonds. The normalized spacial score (nSPS) is 10.3. The average Bonchev–Trinajstić information content (AvgIpc) is 2.84. The van der Waals surface area contributed by atoms with E-state index in [-0.39, 0.29) is 5.91 Å². The van der Waals surface area contributed by atoms with Crippen molar-refractivity contribution in [1.82, 2.24) is 15.3 Å². The molecule has 2 aromatic rings. The summed E-state index contributed by atoms with van der Waals surface area (Å²) in [6.07, 6.45) is 3.36. The zero-order chi connectivity index (χ0) is 11.5. The molecule has 6 heteroatoms. The van der Waals surface area contributed by atoms with E-state index in [9.17, 15) is 4.79 Å². The summed E-state index contributed by atoms with van der Waals surface area (Å²) >= 11 is 1.57. The summed E-state index contributed by atoms with van der Waals surface area (Å²) < 4.78 is 0. The molecule has 0 aliphatic heterocycles. The smallest absolute Gasteiger partial charge is 0.268 e. The highest BCUT2D eigenvalue weighted by molar-refractivity contribution is 7.11. The number of nitrogens with zero attached hydrogens (tertiary/aromatic N) is 1. The third kappa shape index (κ3) is 2.40. The number of nitrogen functional groups attached to an aromatic ring is 1. The summed E-state index contributed by atoms with van der Waals surface area (Å²) in [4.78, 5) is 19.6. The number of aromatic nitrogens is 2. The van der Waals surface area contributed by atoms with E-state index in [0.29, 0.717) is 17.9 Å². The summed E-state index contributed by atoms with van der Waals surface area (Å²) in [5.41, 5.74) is 6.53. The zero-order valence-corrected chi connectivity index (χ0v) is 9.60. The second-order valence-corrected chi connectivity index (χ2v) is 4.69. The fourth-order valence-electron chi connectivity index (χ4n) is 1.29.